The summed E-state index contributed by atoms with van der Waals surface area (Å²) in [6.07, 6.45) is 1.49. The Kier molecular flexibility index (Phi) is 2.50. The van der Waals surface area contributed by atoms with Crippen LogP contribution in [0, 0.1) is 0 Å². The van der Waals surface area contributed by atoms with E-state index in [1.165, 1.54) is 6.33 Å². The van der Waals surface area contributed by atoms with Gasteiger partial charge >= 0.3 is 0 Å². The minimum atomic E-state index is 0.536. The number of nitrogens with one attached hydrogen (secondary N) is 1. The van der Waals surface area contributed by atoms with Gasteiger partial charge in [-0.25, -0.2) is 9.97 Å². The fourth-order valence-electron chi connectivity index (χ4n) is 1.78. The molecule has 3 aromatic rings. The van der Waals surface area contributed by atoms with Gasteiger partial charge in [-0.05, 0) is 12.1 Å². The number of hydrogen-bond acceptors (Lipinski definition) is 2. The van der Waals surface area contributed by atoms with E-state index < -0.39 is 0 Å². The van der Waals surface area contributed by atoms with Gasteiger partial charge in [0.1, 0.15) is 17.1 Å². The van der Waals surface area contributed by atoms with Crippen molar-refractivity contribution < 1.29 is 0 Å². The highest BCUT2D eigenvalue weighted by Crippen LogP contribution is 2.31. The summed E-state index contributed by atoms with van der Waals surface area (Å²) < 4.78 is 0. The molecule has 3 rings (SSSR count). The minimum Gasteiger partial charge on any atom is -0.330 e. The average Bonchev–Trinajstić information content (AvgIpc) is 2.70. The van der Waals surface area contributed by atoms with Gasteiger partial charge in [0.15, 0.2) is 0 Å². The van der Waals surface area contributed by atoms with Gasteiger partial charge in [-0.2, -0.15) is 0 Å². The first-order chi connectivity index (χ1) is 8.25. The molecule has 0 spiro atoms. The van der Waals surface area contributed by atoms with Crippen LogP contribution in [-0.4, -0.2) is 15.0 Å². The Hall–Kier alpha value is -1.58. The molecule has 0 unspecified atom stereocenters. The fraction of sp³-hybridized carbons (Fsp3) is 0. The van der Waals surface area contributed by atoms with E-state index in [0.29, 0.717) is 15.8 Å². The fourth-order valence-corrected chi connectivity index (χ4v) is 2.20. The number of benzene rings is 1. The van der Waals surface area contributed by atoms with Crippen molar-refractivity contribution in [3.8, 4) is 11.3 Å². The molecule has 1 aromatic carbocycles. The summed E-state index contributed by atoms with van der Waals surface area (Å²) in [5.74, 6) is 0. The van der Waals surface area contributed by atoms with Crippen LogP contribution in [0.5, 0.6) is 0 Å². The van der Waals surface area contributed by atoms with Crippen molar-refractivity contribution in [1.29, 1.82) is 0 Å². The molecule has 1 N–H and O–H groups in total. The first-order valence-corrected chi connectivity index (χ1v) is 5.75. The van der Waals surface area contributed by atoms with Crippen LogP contribution in [0.2, 0.25) is 10.2 Å². The second kappa shape index (κ2) is 4.02. The predicted octanol–water partition coefficient (Wildman–Crippen LogP) is 3.93. The molecule has 5 heteroatoms. The maximum atomic E-state index is 6.16. The third-order valence-electron chi connectivity index (χ3n) is 2.52. The van der Waals surface area contributed by atoms with E-state index in [4.69, 9.17) is 23.2 Å². The number of aromatic nitrogens is 3. The standard InChI is InChI=1S/C12H7Cl2N3/c13-9-4-2-1-3-7(9)11-8-5-10(14)17-12(8)16-6-15-11/h1-6H,(H,15,16,17). The lowest BCUT2D eigenvalue weighted by atomic mass is 10.1. The van der Waals surface area contributed by atoms with Crippen molar-refractivity contribution in [2.24, 2.45) is 0 Å². The third kappa shape index (κ3) is 1.77. The Morgan fingerprint density at radius 3 is 2.71 bits per heavy atom. The first kappa shape index (κ1) is 10.6. The molecule has 0 aliphatic heterocycles. The molecule has 0 aliphatic carbocycles. The monoisotopic (exact) mass is 263 g/mol. The summed E-state index contributed by atoms with van der Waals surface area (Å²) in [6.45, 7) is 0. The Bertz CT molecular complexity index is 691. The van der Waals surface area contributed by atoms with Crippen LogP contribution < -0.4 is 0 Å². The van der Waals surface area contributed by atoms with E-state index >= 15 is 0 Å². The van der Waals surface area contributed by atoms with Gasteiger partial charge in [0.25, 0.3) is 0 Å². The molecule has 0 fully saturated rings. The van der Waals surface area contributed by atoms with Gasteiger partial charge in [-0.1, -0.05) is 41.4 Å². The van der Waals surface area contributed by atoms with E-state index in [2.05, 4.69) is 15.0 Å². The van der Waals surface area contributed by atoms with Gasteiger partial charge in [-0.15, -0.1) is 0 Å². The van der Waals surface area contributed by atoms with E-state index in [-0.39, 0.29) is 0 Å². The van der Waals surface area contributed by atoms with Gasteiger partial charge in [0.2, 0.25) is 0 Å². The van der Waals surface area contributed by atoms with Gasteiger partial charge < -0.3 is 4.98 Å². The van der Waals surface area contributed by atoms with Crippen molar-refractivity contribution >= 4 is 34.2 Å². The summed E-state index contributed by atoms with van der Waals surface area (Å²) in [5, 5.41) is 2.06. The number of hydrogen-bond donors (Lipinski definition) is 1. The topological polar surface area (TPSA) is 41.6 Å². The Labute approximate surface area is 107 Å². The molecule has 0 amide bonds. The van der Waals surface area contributed by atoms with E-state index in [9.17, 15) is 0 Å². The SMILES string of the molecule is Clc1cc2c(-c3ccccc3Cl)ncnc2[nH]1. The van der Waals surface area contributed by atoms with Crippen molar-refractivity contribution in [3.05, 3.63) is 46.8 Å². The second-order valence-corrected chi connectivity index (χ2v) is 4.40. The number of nitrogens with zero attached hydrogens (tertiary/aromatic N) is 2. The van der Waals surface area contributed by atoms with Crippen LogP contribution in [0.3, 0.4) is 0 Å². The van der Waals surface area contributed by atoms with Crippen LogP contribution in [-0.2, 0) is 0 Å². The largest absolute Gasteiger partial charge is 0.330 e. The molecule has 0 saturated carbocycles. The molecule has 0 atom stereocenters. The molecule has 0 saturated heterocycles. The number of halogens is 2. The van der Waals surface area contributed by atoms with E-state index in [0.717, 1.165) is 16.6 Å². The molecule has 17 heavy (non-hydrogen) atoms. The molecular formula is C12H7Cl2N3. The Morgan fingerprint density at radius 1 is 1.06 bits per heavy atom. The summed E-state index contributed by atoms with van der Waals surface area (Å²) in [7, 11) is 0. The van der Waals surface area contributed by atoms with Crippen molar-refractivity contribution in [1.82, 2.24) is 15.0 Å². The first-order valence-electron chi connectivity index (χ1n) is 5.00. The molecule has 3 nitrogen and oxygen atoms in total. The zero-order valence-electron chi connectivity index (χ0n) is 8.61. The lowest BCUT2D eigenvalue weighted by Crippen LogP contribution is -1.87. The highest BCUT2D eigenvalue weighted by Gasteiger charge is 2.11. The molecule has 2 aromatic heterocycles. The molecular weight excluding hydrogens is 257 g/mol. The Balaban J connectivity index is 2.34. The third-order valence-corrected chi connectivity index (χ3v) is 3.05. The smallest absolute Gasteiger partial charge is 0.142 e. The number of rotatable bonds is 1. The van der Waals surface area contributed by atoms with Gasteiger partial charge in [0.05, 0.1) is 5.69 Å². The summed E-state index contributed by atoms with van der Waals surface area (Å²) in [5.41, 5.74) is 2.36. The predicted molar refractivity (Wildman–Crippen MR) is 69.3 cm³/mol. The summed E-state index contributed by atoms with van der Waals surface area (Å²) in [6, 6.07) is 9.36. The quantitative estimate of drug-likeness (QED) is 0.723. The second-order valence-electron chi connectivity index (χ2n) is 3.58. The number of aromatic amines is 1. The van der Waals surface area contributed by atoms with Gasteiger partial charge in [-0.3, -0.25) is 0 Å². The van der Waals surface area contributed by atoms with Crippen LogP contribution >= 0.6 is 23.2 Å². The minimum absolute atomic E-state index is 0.536. The molecule has 84 valence electrons. The lowest BCUT2D eigenvalue weighted by molar-refractivity contribution is 1.20. The molecule has 2 heterocycles. The molecule has 0 aliphatic rings. The van der Waals surface area contributed by atoms with Crippen LogP contribution in [0.4, 0.5) is 0 Å². The average molecular weight is 264 g/mol. The zero-order valence-corrected chi connectivity index (χ0v) is 10.1. The molecule has 0 radical (unpaired) electrons. The van der Waals surface area contributed by atoms with Crippen molar-refractivity contribution in [3.63, 3.8) is 0 Å². The van der Waals surface area contributed by atoms with Crippen LogP contribution in [0.15, 0.2) is 36.7 Å². The molecule has 0 bridgehead atoms. The maximum Gasteiger partial charge on any atom is 0.142 e. The Morgan fingerprint density at radius 2 is 1.88 bits per heavy atom. The van der Waals surface area contributed by atoms with E-state index in [1.54, 1.807) is 6.07 Å². The summed E-state index contributed by atoms with van der Waals surface area (Å²) in [4.78, 5) is 11.4. The number of H-pyrrole nitrogens is 1. The normalized spacial score (nSPS) is 10.9. The van der Waals surface area contributed by atoms with Crippen LogP contribution in [0.25, 0.3) is 22.3 Å². The number of fused-ring (bicyclic) bond motifs is 1. The maximum absolute atomic E-state index is 6.16. The van der Waals surface area contributed by atoms with Crippen molar-refractivity contribution in [2.45, 2.75) is 0 Å². The van der Waals surface area contributed by atoms with Crippen LogP contribution in [0.1, 0.15) is 0 Å². The lowest BCUT2D eigenvalue weighted by Gasteiger charge is -2.03. The zero-order chi connectivity index (χ0) is 11.8. The van der Waals surface area contributed by atoms with Crippen molar-refractivity contribution in [2.75, 3.05) is 0 Å². The highest BCUT2D eigenvalue weighted by atomic mass is 35.5. The summed E-state index contributed by atoms with van der Waals surface area (Å²) >= 11 is 12.1. The van der Waals surface area contributed by atoms with Gasteiger partial charge in [0, 0.05) is 16.0 Å². The highest BCUT2D eigenvalue weighted by molar-refractivity contribution is 6.34. The van der Waals surface area contributed by atoms with E-state index in [1.807, 2.05) is 24.3 Å².